The molecule has 2 aromatic rings. The minimum Gasteiger partial charge on any atom is -0.496 e. The van der Waals surface area contributed by atoms with Crippen LogP contribution in [0.25, 0.3) is 0 Å². The molecule has 0 bridgehead atoms. The number of anilines is 1. The minimum atomic E-state index is -0.726. The Morgan fingerprint density at radius 1 is 1.20 bits per heavy atom. The molecule has 0 radical (unpaired) electrons. The number of hydrogen-bond donors (Lipinski definition) is 1. The van der Waals surface area contributed by atoms with Gasteiger partial charge in [-0.05, 0) is 94.0 Å². The quantitative estimate of drug-likeness (QED) is 0.268. The molecule has 1 aromatic heterocycles. The van der Waals surface area contributed by atoms with Gasteiger partial charge in [0.25, 0.3) is 0 Å². The van der Waals surface area contributed by atoms with Crippen LogP contribution in [-0.2, 0) is 25.4 Å². The third kappa shape index (κ3) is 7.01. The maximum Gasteiger partial charge on any atom is 0.327 e. The summed E-state index contributed by atoms with van der Waals surface area (Å²) >= 11 is 0. The van der Waals surface area contributed by atoms with Crippen molar-refractivity contribution in [1.82, 2.24) is 9.88 Å². The van der Waals surface area contributed by atoms with Crippen LogP contribution in [0.2, 0.25) is 0 Å². The van der Waals surface area contributed by atoms with Crippen molar-refractivity contribution in [3.05, 3.63) is 53.0 Å². The number of carbonyl (C=O) groups excluding carboxylic acids is 1. The number of pyridine rings is 1. The van der Waals surface area contributed by atoms with Gasteiger partial charge in [-0.1, -0.05) is 6.07 Å². The van der Waals surface area contributed by atoms with Crippen molar-refractivity contribution in [2.45, 2.75) is 87.9 Å². The highest BCUT2D eigenvalue weighted by molar-refractivity contribution is 5.78. The van der Waals surface area contributed by atoms with E-state index in [0.717, 1.165) is 75.8 Å². The molecule has 5 rings (SSSR count). The van der Waals surface area contributed by atoms with Gasteiger partial charge in [-0.3, -0.25) is 4.90 Å². The number of ether oxygens (including phenoxy) is 4. The molecule has 1 aromatic carbocycles. The van der Waals surface area contributed by atoms with Crippen molar-refractivity contribution >= 4 is 11.8 Å². The van der Waals surface area contributed by atoms with Crippen LogP contribution in [0.4, 0.5) is 10.2 Å². The van der Waals surface area contributed by atoms with E-state index >= 15 is 0 Å². The molecular formula is C32H44FN3O5. The fourth-order valence-electron chi connectivity index (χ4n) is 6.60. The Morgan fingerprint density at radius 3 is 2.76 bits per heavy atom. The van der Waals surface area contributed by atoms with Gasteiger partial charge in [0.15, 0.2) is 0 Å². The van der Waals surface area contributed by atoms with E-state index in [0.29, 0.717) is 30.6 Å². The van der Waals surface area contributed by atoms with Gasteiger partial charge in [0.05, 0.1) is 20.3 Å². The third-order valence-electron chi connectivity index (χ3n) is 9.06. The fraction of sp³-hybridized carbons (Fsp3) is 0.625. The van der Waals surface area contributed by atoms with Crippen molar-refractivity contribution in [2.75, 3.05) is 46.4 Å². The molecule has 9 heteroatoms. The van der Waals surface area contributed by atoms with E-state index < -0.39 is 17.8 Å². The maximum absolute atomic E-state index is 14.8. The van der Waals surface area contributed by atoms with Crippen molar-refractivity contribution in [2.24, 2.45) is 0 Å². The summed E-state index contributed by atoms with van der Waals surface area (Å²) in [5.74, 6) is 0.821. The van der Waals surface area contributed by atoms with Crippen molar-refractivity contribution in [3.8, 4) is 5.75 Å². The zero-order chi connectivity index (χ0) is 28.8. The molecule has 0 amide bonds. The summed E-state index contributed by atoms with van der Waals surface area (Å²) in [6.07, 6.45) is 10.7. The summed E-state index contributed by atoms with van der Waals surface area (Å²) in [4.78, 5) is 19.7. The zero-order valence-electron chi connectivity index (χ0n) is 24.6. The average Bonchev–Trinajstić information content (AvgIpc) is 2.97. The number of carbonyl (C=O) groups is 1. The second kappa shape index (κ2) is 13.9. The number of aromatic nitrogens is 1. The van der Waals surface area contributed by atoms with Gasteiger partial charge in [-0.2, -0.15) is 0 Å². The highest BCUT2D eigenvalue weighted by Crippen LogP contribution is 2.43. The monoisotopic (exact) mass is 569 g/mol. The van der Waals surface area contributed by atoms with Gasteiger partial charge in [0.1, 0.15) is 23.4 Å². The Bertz CT molecular complexity index is 1170. The Kier molecular flexibility index (Phi) is 10.1. The molecule has 1 saturated heterocycles. The van der Waals surface area contributed by atoms with E-state index in [1.54, 1.807) is 7.11 Å². The van der Waals surface area contributed by atoms with E-state index in [-0.39, 0.29) is 18.1 Å². The zero-order valence-corrected chi connectivity index (χ0v) is 24.6. The summed E-state index contributed by atoms with van der Waals surface area (Å²) in [5.41, 5.74) is 2.82. The maximum atomic E-state index is 14.8. The standard InChI is InChI=1S/C32H44FN3O5/c1-36(25-19-26(20-25)41-14-5-4-8-24-10-9-22-7-6-13-34-31(22)35-24)30(32(37)39-3)27-17-23(33)18-28(38-2)29(27)21-11-15-40-16-12-21/h6-7,13,17-18,21,24-26,30H,4-5,8-12,14-16,19-20H2,1-3H3,(H,34,35)/t24-,25?,26?,30?/m0/s1. The van der Waals surface area contributed by atoms with E-state index in [4.69, 9.17) is 18.9 Å². The predicted octanol–water partition coefficient (Wildman–Crippen LogP) is 5.41. The summed E-state index contributed by atoms with van der Waals surface area (Å²) in [6.45, 7) is 2.00. The van der Waals surface area contributed by atoms with Gasteiger partial charge in [-0.15, -0.1) is 0 Å². The first-order chi connectivity index (χ1) is 20.0. The first-order valence-electron chi connectivity index (χ1n) is 15.0. The summed E-state index contributed by atoms with van der Waals surface area (Å²) in [6, 6.07) is 6.93. The molecule has 1 aliphatic carbocycles. The number of methoxy groups -OCH3 is 2. The van der Waals surface area contributed by atoms with Crippen LogP contribution in [0, 0.1) is 5.82 Å². The number of halogens is 1. The van der Waals surface area contributed by atoms with E-state index in [1.807, 2.05) is 24.2 Å². The minimum absolute atomic E-state index is 0.127. The SMILES string of the molecule is COC(=O)C(c1cc(F)cc(OC)c1C1CCOCC1)N(C)C1CC(OCCCC[C@H]2CCc3cccnc3N2)C1. The highest BCUT2D eigenvalue weighted by atomic mass is 19.1. The number of unbranched alkanes of at least 4 members (excludes halogenated alkanes) is 1. The number of rotatable bonds is 12. The summed E-state index contributed by atoms with van der Waals surface area (Å²) in [7, 11) is 4.87. The Morgan fingerprint density at radius 2 is 2.00 bits per heavy atom. The highest BCUT2D eigenvalue weighted by Gasteiger charge is 2.41. The number of nitrogens with one attached hydrogen (secondary N) is 1. The second-order valence-corrected chi connectivity index (χ2v) is 11.6. The third-order valence-corrected chi connectivity index (χ3v) is 9.06. The van der Waals surface area contributed by atoms with Crippen LogP contribution in [0.1, 0.15) is 80.0 Å². The lowest BCUT2D eigenvalue weighted by molar-refractivity contribution is -0.150. The van der Waals surface area contributed by atoms with Crippen LogP contribution in [0.3, 0.4) is 0 Å². The lowest BCUT2D eigenvalue weighted by Gasteiger charge is -2.44. The first-order valence-corrected chi connectivity index (χ1v) is 15.0. The molecule has 3 heterocycles. The van der Waals surface area contributed by atoms with Gasteiger partial charge in [0.2, 0.25) is 0 Å². The Labute approximate surface area is 242 Å². The molecule has 8 nitrogen and oxygen atoms in total. The number of benzene rings is 1. The van der Waals surface area contributed by atoms with Gasteiger partial charge < -0.3 is 24.3 Å². The van der Waals surface area contributed by atoms with Crippen LogP contribution < -0.4 is 10.1 Å². The number of fused-ring (bicyclic) bond motifs is 1. The number of aryl methyl sites for hydroxylation is 1. The van der Waals surface area contributed by atoms with Crippen LogP contribution in [-0.4, -0.2) is 75.1 Å². The molecule has 2 fully saturated rings. The largest absolute Gasteiger partial charge is 0.496 e. The number of nitrogens with zero attached hydrogens (tertiary/aromatic N) is 2. The molecule has 1 N–H and O–H groups in total. The second-order valence-electron chi connectivity index (χ2n) is 11.6. The summed E-state index contributed by atoms with van der Waals surface area (Å²) < 4.78 is 37.4. The number of hydrogen-bond acceptors (Lipinski definition) is 8. The van der Waals surface area contributed by atoms with E-state index in [9.17, 15) is 9.18 Å². The predicted molar refractivity (Wildman–Crippen MR) is 155 cm³/mol. The smallest absolute Gasteiger partial charge is 0.327 e. The molecule has 0 spiro atoms. The van der Waals surface area contributed by atoms with Crippen LogP contribution in [0.15, 0.2) is 30.5 Å². The van der Waals surface area contributed by atoms with Gasteiger partial charge >= 0.3 is 5.97 Å². The summed E-state index contributed by atoms with van der Waals surface area (Å²) in [5, 5.41) is 3.58. The Balaban J connectivity index is 1.14. The molecule has 3 aliphatic rings. The topological polar surface area (TPSA) is 82.2 Å². The van der Waals surface area contributed by atoms with Gasteiger partial charge in [0, 0.05) is 49.7 Å². The number of esters is 1. The van der Waals surface area contributed by atoms with Crippen molar-refractivity contribution < 1.29 is 28.1 Å². The van der Waals surface area contributed by atoms with Gasteiger partial charge in [-0.25, -0.2) is 14.2 Å². The molecule has 41 heavy (non-hydrogen) atoms. The lowest BCUT2D eigenvalue weighted by Crippen LogP contribution is -2.49. The number of likely N-dealkylation sites (N-methyl/N-ethyl adjacent to an activating group) is 1. The normalized spacial score (nSPS) is 23.3. The fourth-order valence-corrected chi connectivity index (χ4v) is 6.60. The molecule has 1 unspecified atom stereocenters. The first kappa shape index (κ1) is 29.7. The van der Waals surface area contributed by atoms with E-state index in [1.165, 1.54) is 24.8 Å². The Hall–Kier alpha value is -2.75. The van der Waals surface area contributed by atoms with Crippen LogP contribution >= 0.6 is 0 Å². The molecule has 1 saturated carbocycles. The lowest BCUT2D eigenvalue weighted by atomic mass is 9.82. The van der Waals surface area contributed by atoms with E-state index in [2.05, 4.69) is 16.4 Å². The molecule has 224 valence electrons. The molecular weight excluding hydrogens is 525 g/mol. The average molecular weight is 570 g/mol. The van der Waals surface area contributed by atoms with Crippen LogP contribution in [0.5, 0.6) is 5.75 Å². The van der Waals surface area contributed by atoms with Crippen molar-refractivity contribution in [1.29, 1.82) is 0 Å². The molecule has 2 atom stereocenters. The molecule has 2 aliphatic heterocycles. The van der Waals surface area contributed by atoms with Crippen molar-refractivity contribution in [3.63, 3.8) is 0 Å².